The number of nitrogens with two attached hydrogens (primary N) is 1. The highest BCUT2D eigenvalue weighted by Crippen LogP contribution is 2.39. The smallest absolute Gasteiger partial charge is 0.137 e. The molecule has 1 heterocycles. The third-order valence-corrected chi connectivity index (χ3v) is 4.63. The van der Waals surface area contributed by atoms with Gasteiger partial charge in [0.2, 0.25) is 0 Å². The maximum Gasteiger partial charge on any atom is 0.137 e. The van der Waals surface area contributed by atoms with Crippen LogP contribution in [0.1, 0.15) is 37.3 Å². The molecule has 1 saturated heterocycles. The standard InChI is InChI=1S/C14H18BrFN2/c15-11-8-9(3-6-12(11)16)14-13(17)2-1-7-18(14)10-4-5-10/h3,6,8,10,13-14H,1-2,4-5,7,17H2. The first-order valence-corrected chi connectivity index (χ1v) is 7.42. The van der Waals surface area contributed by atoms with Gasteiger partial charge in [-0.05, 0) is 65.9 Å². The predicted molar refractivity (Wildman–Crippen MR) is 73.8 cm³/mol. The van der Waals surface area contributed by atoms with Gasteiger partial charge in [-0.25, -0.2) is 4.39 Å². The number of likely N-dealkylation sites (tertiary alicyclic amines) is 1. The van der Waals surface area contributed by atoms with Crippen LogP contribution in [0.25, 0.3) is 0 Å². The van der Waals surface area contributed by atoms with Crippen molar-refractivity contribution in [1.82, 2.24) is 4.90 Å². The van der Waals surface area contributed by atoms with E-state index in [1.807, 2.05) is 12.1 Å². The van der Waals surface area contributed by atoms with Gasteiger partial charge in [0.05, 0.1) is 10.5 Å². The van der Waals surface area contributed by atoms with Crippen molar-refractivity contribution in [3.8, 4) is 0 Å². The monoisotopic (exact) mass is 312 g/mol. The maximum absolute atomic E-state index is 13.3. The Balaban J connectivity index is 1.92. The van der Waals surface area contributed by atoms with E-state index >= 15 is 0 Å². The highest BCUT2D eigenvalue weighted by Gasteiger charge is 2.39. The zero-order valence-electron chi connectivity index (χ0n) is 10.3. The lowest BCUT2D eigenvalue weighted by molar-refractivity contribution is 0.119. The van der Waals surface area contributed by atoms with Gasteiger partial charge in [0.1, 0.15) is 5.82 Å². The topological polar surface area (TPSA) is 29.3 Å². The SMILES string of the molecule is NC1CCCN(C2CC2)C1c1ccc(F)c(Br)c1. The average Bonchev–Trinajstić information content (AvgIpc) is 3.17. The van der Waals surface area contributed by atoms with Gasteiger partial charge < -0.3 is 5.73 Å². The minimum atomic E-state index is -0.207. The lowest BCUT2D eigenvalue weighted by Gasteiger charge is -2.40. The minimum absolute atomic E-state index is 0.164. The molecule has 2 unspecified atom stereocenters. The first-order chi connectivity index (χ1) is 8.66. The largest absolute Gasteiger partial charge is 0.326 e. The molecule has 18 heavy (non-hydrogen) atoms. The summed E-state index contributed by atoms with van der Waals surface area (Å²) in [4.78, 5) is 2.52. The van der Waals surface area contributed by atoms with Crippen LogP contribution < -0.4 is 5.73 Å². The molecule has 1 saturated carbocycles. The lowest BCUT2D eigenvalue weighted by atomic mass is 9.91. The molecule has 1 aromatic carbocycles. The molecule has 3 rings (SSSR count). The van der Waals surface area contributed by atoms with E-state index in [-0.39, 0.29) is 17.9 Å². The van der Waals surface area contributed by atoms with Crippen molar-refractivity contribution in [2.75, 3.05) is 6.54 Å². The van der Waals surface area contributed by atoms with Crippen LogP contribution >= 0.6 is 15.9 Å². The fourth-order valence-electron chi connectivity index (χ4n) is 3.00. The molecule has 0 amide bonds. The van der Waals surface area contributed by atoms with Crippen LogP contribution in [0.4, 0.5) is 4.39 Å². The molecule has 2 nitrogen and oxygen atoms in total. The van der Waals surface area contributed by atoms with Crippen LogP contribution in [0.5, 0.6) is 0 Å². The second-order valence-corrected chi connectivity index (χ2v) is 6.25. The molecule has 0 spiro atoms. The van der Waals surface area contributed by atoms with E-state index in [0.29, 0.717) is 10.5 Å². The molecular weight excluding hydrogens is 295 g/mol. The van der Waals surface area contributed by atoms with Gasteiger partial charge in [-0.15, -0.1) is 0 Å². The number of halogens is 2. The second-order valence-electron chi connectivity index (χ2n) is 5.39. The number of rotatable bonds is 2. The fourth-order valence-corrected chi connectivity index (χ4v) is 3.40. The molecule has 1 aliphatic carbocycles. The number of nitrogens with zero attached hydrogens (tertiary/aromatic N) is 1. The fraction of sp³-hybridized carbons (Fsp3) is 0.571. The van der Waals surface area contributed by atoms with Crippen molar-refractivity contribution < 1.29 is 4.39 Å². The molecular formula is C14H18BrFN2. The molecule has 0 aromatic heterocycles. The lowest BCUT2D eigenvalue weighted by Crippen LogP contribution is -2.46. The molecule has 2 aliphatic rings. The summed E-state index contributed by atoms with van der Waals surface area (Å²) in [6.45, 7) is 1.12. The van der Waals surface area contributed by atoms with Gasteiger partial charge in [-0.1, -0.05) is 6.07 Å². The van der Waals surface area contributed by atoms with E-state index in [1.165, 1.54) is 25.3 Å². The summed E-state index contributed by atoms with van der Waals surface area (Å²) < 4.78 is 13.9. The van der Waals surface area contributed by atoms with Crippen molar-refractivity contribution in [2.24, 2.45) is 5.73 Å². The van der Waals surface area contributed by atoms with E-state index in [0.717, 1.165) is 18.5 Å². The molecule has 2 fully saturated rings. The summed E-state index contributed by atoms with van der Waals surface area (Å²) in [7, 11) is 0. The molecule has 2 atom stereocenters. The number of benzene rings is 1. The van der Waals surface area contributed by atoms with E-state index in [4.69, 9.17) is 5.73 Å². The molecule has 98 valence electrons. The van der Waals surface area contributed by atoms with Crippen molar-refractivity contribution >= 4 is 15.9 Å². The van der Waals surface area contributed by atoms with Crippen LogP contribution in [0.3, 0.4) is 0 Å². The van der Waals surface area contributed by atoms with Gasteiger partial charge in [-0.2, -0.15) is 0 Å². The summed E-state index contributed by atoms with van der Waals surface area (Å²) in [6, 6.07) is 6.42. The number of piperidine rings is 1. The van der Waals surface area contributed by atoms with Crippen LogP contribution in [-0.4, -0.2) is 23.5 Å². The summed E-state index contributed by atoms with van der Waals surface area (Å²) in [6.07, 6.45) is 4.80. The average molecular weight is 313 g/mol. The van der Waals surface area contributed by atoms with Gasteiger partial charge >= 0.3 is 0 Å². The Morgan fingerprint density at radius 3 is 2.72 bits per heavy atom. The zero-order chi connectivity index (χ0) is 12.7. The predicted octanol–water partition coefficient (Wildman–Crippen LogP) is 3.21. The summed E-state index contributed by atoms with van der Waals surface area (Å²) in [5.41, 5.74) is 7.45. The van der Waals surface area contributed by atoms with Crippen molar-refractivity contribution in [1.29, 1.82) is 0 Å². The van der Waals surface area contributed by atoms with Crippen LogP contribution in [0.2, 0.25) is 0 Å². The summed E-state index contributed by atoms with van der Waals surface area (Å²) >= 11 is 3.27. The van der Waals surface area contributed by atoms with Gasteiger partial charge in [0.25, 0.3) is 0 Å². The Hall–Kier alpha value is -0.450. The first-order valence-electron chi connectivity index (χ1n) is 6.63. The third kappa shape index (κ3) is 2.33. The first kappa shape index (κ1) is 12.6. The quantitative estimate of drug-likeness (QED) is 0.908. The maximum atomic E-state index is 13.3. The Morgan fingerprint density at radius 1 is 1.28 bits per heavy atom. The zero-order valence-corrected chi connectivity index (χ0v) is 11.9. The van der Waals surface area contributed by atoms with Gasteiger partial charge in [-0.3, -0.25) is 4.90 Å². The van der Waals surface area contributed by atoms with Crippen LogP contribution in [0.15, 0.2) is 22.7 Å². The molecule has 4 heteroatoms. The summed E-state index contributed by atoms with van der Waals surface area (Å²) in [5.74, 6) is -0.207. The number of hydrogen-bond donors (Lipinski definition) is 1. The molecule has 0 bridgehead atoms. The second kappa shape index (κ2) is 4.91. The number of hydrogen-bond acceptors (Lipinski definition) is 2. The van der Waals surface area contributed by atoms with Crippen molar-refractivity contribution in [2.45, 2.75) is 43.8 Å². The van der Waals surface area contributed by atoms with E-state index < -0.39 is 0 Å². The molecule has 0 radical (unpaired) electrons. The van der Waals surface area contributed by atoms with E-state index in [2.05, 4.69) is 20.8 Å². The summed E-state index contributed by atoms with van der Waals surface area (Å²) in [5, 5.41) is 0. The Bertz CT molecular complexity index is 447. The highest BCUT2D eigenvalue weighted by atomic mass is 79.9. The Morgan fingerprint density at radius 2 is 2.06 bits per heavy atom. The van der Waals surface area contributed by atoms with Crippen LogP contribution in [-0.2, 0) is 0 Å². The van der Waals surface area contributed by atoms with E-state index in [1.54, 1.807) is 0 Å². The van der Waals surface area contributed by atoms with Crippen molar-refractivity contribution in [3.63, 3.8) is 0 Å². The molecule has 1 aliphatic heterocycles. The minimum Gasteiger partial charge on any atom is -0.326 e. The normalized spacial score (nSPS) is 29.5. The molecule has 2 N–H and O–H groups in total. The van der Waals surface area contributed by atoms with E-state index in [9.17, 15) is 4.39 Å². The van der Waals surface area contributed by atoms with Gasteiger partial charge in [0, 0.05) is 12.1 Å². The van der Waals surface area contributed by atoms with Gasteiger partial charge in [0.15, 0.2) is 0 Å². The Kier molecular flexibility index (Phi) is 3.43. The highest BCUT2D eigenvalue weighted by molar-refractivity contribution is 9.10. The molecule has 1 aromatic rings. The third-order valence-electron chi connectivity index (χ3n) is 4.02. The Labute approximate surface area is 115 Å². The van der Waals surface area contributed by atoms with Crippen LogP contribution in [0, 0.1) is 5.82 Å². The van der Waals surface area contributed by atoms with Crippen molar-refractivity contribution in [3.05, 3.63) is 34.1 Å².